The molecule has 0 aromatic heterocycles. The molecule has 0 fully saturated rings. The molecule has 0 heterocycles. The maximum Gasteiger partial charge on any atom is 0.242 e. The van der Waals surface area contributed by atoms with Gasteiger partial charge in [-0.1, -0.05) is 37.3 Å². The number of ether oxygens (including phenoxy) is 1. The predicted molar refractivity (Wildman–Crippen MR) is 121 cm³/mol. The van der Waals surface area contributed by atoms with E-state index in [0.29, 0.717) is 31.2 Å². The largest absolute Gasteiger partial charge is 0.493 e. The van der Waals surface area contributed by atoms with Crippen LogP contribution in [0.4, 0.5) is 0 Å². The summed E-state index contributed by atoms with van der Waals surface area (Å²) in [6, 6.07) is 13.1. The van der Waals surface area contributed by atoms with Crippen LogP contribution in [-0.2, 0) is 23.1 Å². The first kappa shape index (κ1) is 23.7. The summed E-state index contributed by atoms with van der Waals surface area (Å²) in [7, 11) is 1.22. The lowest BCUT2D eigenvalue weighted by Crippen LogP contribution is -2.37. The van der Waals surface area contributed by atoms with Crippen LogP contribution in [0.2, 0.25) is 0 Å². The van der Waals surface area contributed by atoms with Crippen LogP contribution in [0, 0.1) is 6.92 Å². The maximum atomic E-state index is 12.6. The normalized spacial score (nSPS) is 12.1. The molecule has 7 nitrogen and oxygen atoms in total. The van der Waals surface area contributed by atoms with Crippen molar-refractivity contribution in [3.05, 3.63) is 59.2 Å². The molecule has 0 saturated carbocycles. The van der Waals surface area contributed by atoms with E-state index >= 15 is 0 Å². The highest BCUT2D eigenvalue weighted by atomic mass is 32.2. The molecule has 2 aromatic carbocycles. The van der Waals surface area contributed by atoms with E-state index in [1.54, 1.807) is 25.2 Å². The highest BCUT2D eigenvalue weighted by Crippen LogP contribution is 2.21. The average molecular weight is 433 g/mol. The number of rotatable bonds is 9. The predicted octanol–water partition coefficient (Wildman–Crippen LogP) is 2.90. The molecule has 164 valence electrons. The second-order valence-electron chi connectivity index (χ2n) is 7.13. The molecule has 2 aromatic rings. The van der Waals surface area contributed by atoms with Gasteiger partial charge in [-0.25, -0.2) is 12.7 Å². The van der Waals surface area contributed by atoms with Crippen LogP contribution in [-0.4, -0.2) is 46.4 Å². The summed E-state index contributed by atoms with van der Waals surface area (Å²) in [4.78, 5) is 4.53. The van der Waals surface area contributed by atoms with Crippen LogP contribution in [0.25, 0.3) is 0 Å². The summed E-state index contributed by atoms with van der Waals surface area (Å²) in [6.45, 7) is 5.65. The van der Waals surface area contributed by atoms with E-state index < -0.39 is 10.0 Å². The van der Waals surface area contributed by atoms with Gasteiger partial charge in [0.05, 0.1) is 11.5 Å². The van der Waals surface area contributed by atoms with Crippen LogP contribution in [0.5, 0.6) is 5.75 Å². The fraction of sp³-hybridized carbons (Fsp3) is 0.409. The third-order valence-corrected chi connectivity index (χ3v) is 6.45. The lowest BCUT2D eigenvalue weighted by atomic mass is 10.1. The van der Waals surface area contributed by atoms with Crippen molar-refractivity contribution < 1.29 is 13.2 Å². The first-order valence-corrected chi connectivity index (χ1v) is 11.4. The van der Waals surface area contributed by atoms with E-state index in [4.69, 9.17) is 4.74 Å². The number of sulfonamides is 1. The van der Waals surface area contributed by atoms with Gasteiger partial charge >= 0.3 is 0 Å². The zero-order valence-electron chi connectivity index (χ0n) is 18.4. The van der Waals surface area contributed by atoms with Crippen molar-refractivity contribution in [2.24, 2.45) is 4.99 Å². The Morgan fingerprint density at radius 3 is 2.37 bits per heavy atom. The van der Waals surface area contributed by atoms with Crippen molar-refractivity contribution in [2.75, 3.05) is 27.7 Å². The number of aryl methyl sites for hydroxylation is 1. The van der Waals surface area contributed by atoms with Gasteiger partial charge in [-0.2, -0.15) is 0 Å². The molecule has 0 bridgehead atoms. The molecule has 0 amide bonds. The maximum absolute atomic E-state index is 12.6. The van der Waals surface area contributed by atoms with Gasteiger partial charge in [0.2, 0.25) is 10.0 Å². The molecule has 0 aliphatic rings. The third-order valence-electron chi connectivity index (χ3n) is 4.53. The Hall–Kier alpha value is -2.58. The molecule has 0 aliphatic carbocycles. The summed E-state index contributed by atoms with van der Waals surface area (Å²) < 4.78 is 32.2. The first-order chi connectivity index (χ1) is 14.3. The van der Waals surface area contributed by atoms with Crippen LogP contribution in [0.15, 0.2) is 52.4 Å². The molecule has 30 heavy (non-hydrogen) atoms. The molecule has 2 N–H and O–H groups in total. The highest BCUT2D eigenvalue weighted by molar-refractivity contribution is 7.89. The lowest BCUT2D eigenvalue weighted by Gasteiger charge is -2.17. The van der Waals surface area contributed by atoms with Gasteiger partial charge in [0.25, 0.3) is 0 Å². The van der Waals surface area contributed by atoms with Gasteiger partial charge in [-0.15, -0.1) is 0 Å². The number of benzene rings is 2. The van der Waals surface area contributed by atoms with Crippen LogP contribution >= 0.6 is 0 Å². The van der Waals surface area contributed by atoms with E-state index in [9.17, 15) is 8.42 Å². The summed E-state index contributed by atoms with van der Waals surface area (Å²) >= 11 is 0. The molecule has 0 radical (unpaired) electrons. The Labute approximate surface area is 180 Å². The van der Waals surface area contributed by atoms with Gasteiger partial charge in [0.15, 0.2) is 5.96 Å². The number of guanidine groups is 1. The fourth-order valence-electron chi connectivity index (χ4n) is 2.83. The number of hydrogen-bond acceptors (Lipinski definition) is 4. The molecule has 0 aliphatic heterocycles. The van der Waals surface area contributed by atoms with Crippen molar-refractivity contribution in [1.29, 1.82) is 0 Å². The summed E-state index contributed by atoms with van der Waals surface area (Å²) in [6.07, 6.45) is 0.944. The first-order valence-electron chi connectivity index (χ1n) is 9.96. The Bertz CT molecular complexity index is 972. The number of hydrogen-bond donors (Lipinski definition) is 2. The molecule has 2 rings (SSSR count). The number of aliphatic imine (C=N–C) groups is 1. The number of nitrogens with zero attached hydrogens (tertiary/aromatic N) is 2. The lowest BCUT2D eigenvalue weighted by molar-refractivity contribution is 0.313. The molecule has 0 saturated heterocycles. The summed E-state index contributed by atoms with van der Waals surface area (Å²) in [5.41, 5.74) is 2.86. The second kappa shape index (κ2) is 11.0. The van der Waals surface area contributed by atoms with Crippen molar-refractivity contribution in [1.82, 2.24) is 14.9 Å². The van der Waals surface area contributed by atoms with E-state index in [2.05, 4.69) is 22.5 Å². The zero-order valence-corrected chi connectivity index (χ0v) is 19.2. The van der Waals surface area contributed by atoms with Crippen LogP contribution in [0.1, 0.15) is 30.0 Å². The Balaban J connectivity index is 2.08. The van der Waals surface area contributed by atoms with E-state index in [1.807, 2.05) is 31.2 Å². The minimum absolute atomic E-state index is 0.284. The second-order valence-corrected chi connectivity index (χ2v) is 9.25. The molecular formula is C22H32N4O3S. The molecule has 0 atom stereocenters. The highest BCUT2D eigenvalue weighted by Gasteiger charge is 2.20. The minimum Gasteiger partial charge on any atom is -0.493 e. The van der Waals surface area contributed by atoms with E-state index in [0.717, 1.165) is 23.3 Å². The van der Waals surface area contributed by atoms with Crippen molar-refractivity contribution in [2.45, 2.75) is 38.3 Å². The van der Waals surface area contributed by atoms with Gasteiger partial charge in [-0.3, -0.25) is 4.99 Å². The van der Waals surface area contributed by atoms with Crippen LogP contribution < -0.4 is 15.4 Å². The summed E-state index contributed by atoms with van der Waals surface area (Å²) in [5, 5.41) is 6.47. The molecule has 0 unspecified atom stereocenters. The van der Waals surface area contributed by atoms with Crippen molar-refractivity contribution in [3.63, 3.8) is 0 Å². The van der Waals surface area contributed by atoms with E-state index in [1.165, 1.54) is 18.4 Å². The molecular weight excluding hydrogens is 400 g/mol. The van der Waals surface area contributed by atoms with Gasteiger partial charge in [0, 0.05) is 39.8 Å². The zero-order chi connectivity index (χ0) is 22.1. The standard InChI is InChI=1S/C22H32N4O3S/c1-6-13-29-20-14-17(2)11-12-18(20)15-24-22(23-3)25-16-19-9-7-8-10-21(19)30(27,28)26(4)5/h7-12,14H,6,13,15-16H2,1-5H3,(H2,23,24,25). The quantitative estimate of drug-likeness (QED) is 0.470. The Morgan fingerprint density at radius 2 is 1.73 bits per heavy atom. The SMILES string of the molecule is CCCOc1cc(C)ccc1CNC(=NC)NCc1ccccc1S(=O)(=O)N(C)C. The summed E-state index contributed by atoms with van der Waals surface area (Å²) in [5.74, 6) is 1.44. The molecule has 8 heteroatoms. The van der Waals surface area contributed by atoms with E-state index in [-0.39, 0.29) is 4.90 Å². The van der Waals surface area contributed by atoms with Crippen molar-refractivity contribution in [3.8, 4) is 5.75 Å². The topological polar surface area (TPSA) is 83.0 Å². The number of nitrogens with one attached hydrogen (secondary N) is 2. The monoisotopic (exact) mass is 432 g/mol. The van der Waals surface area contributed by atoms with Gasteiger partial charge in [0.1, 0.15) is 5.75 Å². The third kappa shape index (κ3) is 6.21. The minimum atomic E-state index is -3.52. The van der Waals surface area contributed by atoms with Gasteiger partial charge < -0.3 is 15.4 Å². The van der Waals surface area contributed by atoms with Crippen LogP contribution in [0.3, 0.4) is 0 Å². The fourth-order valence-corrected chi connectivity index (χ4v) is 3.95. The average Bonchev–Trinajstić information content (AvgIpc) is 2.73. The smallest absolute Gasteiger partial charge is 0.242 e. The van der Waals surface area contributed by atoms with Gasteiger partial charge in [-0.05, 0) is 36.6 Å². The molecule has 0 spiro atoms. The Kier molecular flexibility index (Phi) is 8.68. The Morgan fingerprint density at radius 1 is 1.07 bits per heavy atom. The van der Waals surface area contributed by atoms with Crippen molar-refractivity contribution >= 4 is 16.0 Å².